The van der Waals surface area contributed by atoms with Crippen molar-refractivity contribution in [3.05, 3.63) is 47.5 Å². The van der Waals surface area contributed by atoms with Crippen molar-refractivity contribution in [1.82, 2.24) is 0 Å². The van der Waals surface area contributed by atoms with E-state index in [-0.39, 0.29) is 23.6 Å². The zero-order chi connectivity index (χ0) is 15.7. The van der Waals surface area contributed by atoms with Crippen LogP contribution < -0.4 is 0 Å². The quantitative estimate of drug-likeness (QED) is 0.667. The fraction of sp³-hybridized carbons (Fsp3) is 0.412. The van der Waals surface area contributed by atoms with E-state index >= 15 is 0 Å². The molecule has 2 rings (SSSR count). The summed E-state index contributed by atoms with van der Waals surface area (Å²) < 4.78 is 5.40. The van der Waals surface area contributed by atoms with E-state index in [1.807, 2.05) is 44.2 Å². The van der Waals surface area contributed by atoms with Gasteiger partial charge in [0.05, 0.1) is 5.41 Å². The Morgan fingerprint density at radius 3 is 2.33 bits per heavy atom. The van der Waals surface area contributed by atoms with Crippen molar-refractivity contribution in [3.63, 3.8) is 0 Å². The second-order valence-corrected chi connectivity index (χ2v) is 6.23. The highest BCUT2D eigenvalue weighted by atomic mass is 16.5. The van der Waals surface area contributed by atoms with Crippen LogP contribution in [-0.2, 0) is 20.9 Å². The van der Waals surface area contributed by atoms with Gasteiger partial charge in [0.25, 0.3) is 0 Å². The minimum atomic E-state index is -1.01. The first-order chi connectivity index (χ1) is 9.78. The summed E-state index contributed by atoms with van der Waals surface area (Å²) in [6.45, 7) is 5.60. The highest BCUT2D eigenvalue weighted by Crippen LogP contribution is 2.65. The molecule has 1 atom stereocenters. The van der Waals surface area contributed by atoms with Gasteiger partial charge in [0.15, 0.2) is 0 Å². The summed E-state index contributed by atoms with van der Waals surface area (Å²) in [6.07, 6.45) is 2.15. The molecule has 4 heteroatoms. The van der Waals surface area contributed by atoms with Gasteiger partial charge >= 0.3 is 11.9 Å². The van der Waals surface area contributed by atoms with Crippen LogP contribution in [0.15, 0.2) is 42.0 Å². The molecule has 1 aromatic carbocycles. The molecule has 0 heterocycles. The van der Waals surface area contributed by atoms with Crippen LogP contribution in [-0.4, -0.2) is 17.0 Å². The predicted molar refractivity (Wildman–Crippen MR) is 78.5 cm³/mol. The maximum Gasteiger partial charge on any atom is 0.330 e. The van der Waals surface area contributed by atoms with Crippen molar-refractivity contribution in [2.45, 2.75) is 33.8 Å². The van der Waals surface area contributed by atoms with E-state index < -0.39 is 11.4 Å². The number of hydrogen-bond donors (Lipinski definition) is 1. The van der Waals surface area contributed by atoms with Crippen LogP contribution in [0.3, 0.4) is 0 Å². The van der Waals surface area contributed by atoms with Gasteiger partial charge in [-0.25, -0.2) is 4.79 Å². The van der Waals surface area contributed by atoms with Crippen molar-refractivity contribution >= 4 is 11.9 Å². The molecule has 0 aliphatic heterocycles. The SMILES string of the molecule is C/C(=C\C1(C(=O)OCc2ccccc2)CC1(C)C)C(=O)O. The van der Waals surface area contributed by atoms with Crippen LogP contribution in [0.1, 0.15) is 32.8 Å². The Morgan fingerprint density at radius 1 is 1.29 bits per heavy atom. The Labute approximate surface area is 124 Å². The van der Waals surface area contributed by atoms with Crippen LogP contribution in [0.2, 0.25) is 0 Å². The van der Waals surface area contributed by atoms with Gasteiger partial charge < -0.3 is 9.84 Å². The van der Waals surface area contributed by atoms with Gasteiger partial charge in [-0.15, -0.1) is 0 Å². The van der Waals surface area contributed by atoms with Crippen LogP contribution in [0.5, 0.6) is 0 Å². The number of carbonyl (C=O) groups excluding carboxylic acids is 1. The second-order valence-electron chi connectivity index (χ2n) is 6.23. The third-order valence-corrected chi connectivity index (χ3v) is 4.18. The lowest BCUT2D eigenvalue weighted by molar-refractivity contribution is -0.150. The molecule has 21 heavy (non-hydrogen) atoms. The average molecular weight is 288 g/mol. The zero-order valence-electron chi connectivity index (χ0n) is 12.6. The molecular formula is C17H20O4. The largest absolute Gasteiger partial charge is 0.478 e. The molecule has 1 aliphatic carbocycles. The molecule has 112 valence electrons. The molecule has 1 aliphatic rings. The van der Waals surface area contributed by atoms with Gasteiger partial charge in [0.2, 0.25) is 0 Å². The summed E-state index contributed by atoms with van der Waals surface area (Å²) in [5.74, 6) is -1.36. The summed E-state index contributed by atoms with van der Waals surface area (Å²) in [7, 11) is 0. The van der Waals surface area contributed by atoms with Crippen LogP contribution in [0, 0.1) is 10.8 Å². The number of hydrogen-bond acceptors (Lipinski definition) is 3. The normalized spacial score (nSPS) is 23.5. The minimum Gasteiger partial charge on any atom is -0.478 e. The molecule has 1 N–H and O–H groups in total. The van der Waals surface area contributed by atoms with Crippen LogP contribution in [0.4, 0.5) is 0 Å². The third kappa shape index (κ3) is 2.99. The topological polar surface area (TPSA) is 63.6 Å². The van der Waals surface area contributed by atoms with Crippen molar-refractivity contribution in [3.8, 4) is 0 Å². The van der Waals surface area contributed by atoms with E-state index in [2.05, 4.69) is 0 Å². The molecule has 0 saturated heterocycles. The summed E-state index contributed by atoms with van der Waals surface area (Å²) in [5.41, 5.74) is 0.0116. The number of ether oxygens (including phenoxy) is 1. The lowest BCUT2D eigenvalue weighted by Gasteiger charge is -2.16. The summed E-state index contributed by atoms with van der Waals surface area (Å²) in [4.78, 5) is 23.4. The van der Waals surface area contributed by atoms with Crippen LogP contribution >= 0.6 is 0 Å². The molecule has 0 bridgehead atoms. The monoisotopic (exact) mass is 288 g/mol. The molecule has 1 fully saturated rings. The third-order valence-electron chi connectivity index (χ3n) is 4.18. The van der Waals surface area contributed by atoms with E-state index in [4.69, 9.17) is 9.84 Å². The van der Waals surface area contributed by atoms with Crippen LogP contribution in [0.25, 0.3) is 0 Å². The van der Waals surface area contributed by atoms with E-state index in [9.17, 15) is 9.59 Å². The van der Waals surface area contributed by atoms with Gasteiger partial charge in [-0.05, 0) is 24.3 Å². The first-order valence-corrected chi connectivity index (χ1v) is 6.92. The lowest BCUT2D eigenvalue weighted by atomic mass is 9.93. The Balaban J connectivity index is 2.12. The average Bonchev–Trinajstić information content (AvgIpc) is 2.99. The predicted octanol–water partition coefficient (Wildman–Crippen LogP) is 3.18. The fourth-order valence-corrected chi connectivity index (χ4v) is 2.59. The Bertz CT molecular complexity index is 586. The number of carbonyl (C=O) groups is 2. The molecule has 4 nitrogen and oxygen atoms in total. The number of carboxylic acids is 1. The fourth-order valence-electron chi connectivity index (χ4n) is 2.59. The van der Waals surface area contributed by atoms with Crippen molar-refractivity contribution in [2.75, 3.05) is 0 Å². The molecule has 1 unspecified atom stereocenters. The molecular weight excluding hydrogens is 268 g/mol. The first kappa shape index (κ1) is 15.3. The zero-order valence-corrected chi connectivity index (χ0v) is 12.6. The smallest absolute Gasteiger partial charge is 0.330 e. The molecule has 0 amide bonds. The summed E-state index contributed by atoms with van der Waals surface area (Å²) >= 11 is 0. The van der Waals surface area contributed by atoms with Gasteiger partial charge in [-0.3, -0.25) is 4.79 Å². The number of carboxylic acid groups (broad SMARTS) is 1. The maximum absolute atomic E-state index is 12.4. The van der Waals surface area contributed by atoms with E-state index in [0.29, 0.717) is 6.42 Å². The number of aliphatic carboxylic acids is 1. The van der Waals surface area contributed by atoms with Gasteiger partial charge in [0, 0.05) is 5.57 Å². The summed E-state index contributed by atoms with van der Waals surface area (Å²) in [5, 5.41) is 9.01. The lowest BCUT2D eigenvalue weighted by Crippen LogP contribution is -2.23. The number of esters is 1. The summed E-state index contributed by atoms with van der Waals surface area (Å²) in [6, 6.07) is 9.44. The van der Waals surface area contributed by atoms with Crippen molar-refractivity contribution in [1.29, 1.82) is 0 Å². The Morgan fingerprint density at radius 2 is 1.86 bits per heavy atom. The second kappa shape index (κ2) is 5.35. The number of benzene rings is 1. The highest BCUT2D eigenvalue weighted by Gasteiger charge is 2.66. The van der Waals surface area contributed by atoms with Gasteiger partial charge in [0.1, 0.15) is 6.61 Å². The molecule has 0 radical (unpaired) electrons. The Kier molecular flexibility index (Phi) is 3.90. The van der Waals surface area contributed by atoms with Gasteiger partial charge in [-0.2, -0.15) is 0 Å². The van der Waals surface area contributed by atoms with Crippen molar-refractivity contribution < 1.29 is 19.4 Å². The maximum atomic E-state index is 12.4. The first-order valence-electron chi connectivity index (χ1n) is 6.92. The molecule has 1 saturated carbocycles. The molecule has 0 spiro atoms. The molecule has 0 aromatic heterocycles. The van der Waals surface area contributed by atoms with Crippen molar-refractivity contribution in [2.24, 2.45) is 10.8 Å². The minimum absolute atomic E-state index is 0.178. The highest BCUT2D eigenvalue weighted by molar-refractivity contribution is 5.90. The van der Waals surface area contributed by atoms with E-state index in [1.54, 1.807) is 6.08 Å². The number of rotatable bonds is 5. The standard InChI is InChI=1S/C17H20O4/c1-12(14(18)19)9-17(11-16(17,2)3)15(20)21-10-13-7-5-4-6-8-13/h4-9H,10-11H2,1-3H3,(H,18,19)/b12-9+. The van der Waals surface area contributed by atoms with E-state index in [0.717, 1.165) is 5.56 Å². The molecule has 1 aromatic rings. The van der Waals surface area contributed by atoms with Gasteiger partial charge in [-0.1, -0.05) is 50.3 Å². The Hall–Kier alpha value is -2.10. The van der Waals surface area contributed by atoms with E-state index in [1.165, 1.54) is 6.92 Å².